The summed E-state index contributed by atoms with van der Waals surface area (Å²) in [6, 6.07) is 3.19. The van der Waals surface area contributed by atoms with Gasteiger partial charge in [0.1, 0.15) is 17.1 Å². The number of halogens is 1. The van der Waals surface area contributed by atoms with Crippen molar-refractivity contribution in [1.82, 2.24) is 14.8 Å². The van der Waals surface area contributed by atoms with E-state index in [4.69, 9.17) is 4.74 Å². The number of hydrogen-bond acceptors (Lipinski definition) is 5. The van der Waals surface area contributed by atoms with Crippen LogP contribution in [0.5, 0.6) is 5.88 Å². The lowest BCUT2D eigenvalue weighted by atomic mass is 10.1. The van der Waals surface area contributed by atoms with Crippen LogP contribution in [-0.2, 0) is 6.54 Å². The van der Waals surface area contributed by atoms with Crippen LogP contribution in [0, 0.1) is 5.95 Å². The number of nitrogens with one attached hydrogen (secondary N) is 1. The van der Waals surface area contributed by atoms with E-state index in [1.54, 1.807) is 6.07 Å². The van der Waals surface area contributed by atoms with E-state index in [0.29, 0.717) is 19.0 Å². The van der Waals surface area contributed by atoms with Crippen LogP contribution < -0.4 is 10.1 Å². The second kappa shape index (κ2) is 5.86. The quantitative estimate of drug-likeness (QED) is 0.841. The molecular weight excluding hydrogens is 303 g/mol. The molecule has 3 heterocycles. The monoisotopic (exact) mass is 320 g/mol. The van der Waals surface area contributed by atoms with Gasteiger partial charge in [-0.15, -0.1) is 0 Å². The Labute approximate surface area is 132 Å². The summed E-state index contributed by atoms with van der Waals surface area (Å²) in [7, 11) is 0. The molecular formula is C15H17FN4O3. The fourth-order valence-corrected chi connectivity index (χ4v) is 2.50. The van der Waals surface area contributed by atoms with E-state index in [0.717, 1.165) is 6.42 Å². The van der Waals surface area contributed by atoms with E-state index in [1.807, 2.05) is 13.8 Å². The van der Waals surface area contributed by atoms with Gasteiger partial charge in [-0.05, 0) is 26.0 Å². The molecule has 0 aliphatic carbocycles. The van der Waals surface area contributed by atoms with Gasteiger partial charge in [-0.1, -0.05) is 0 Å². The molecule has 0 atom stereocenters. The van der Waals surface area contributed by atoms with Crippen LogP contribution in [-0.4, -0.2) is 38.5 Å². The van der Waals surface area contributed by atoms with Gasteiger partial charge in [-0.2, -0.15) is 9.49 Å². The first-order valence-electron chi connectivity index (χ1n) is 7.37. The molecule has 122 valence electrons. The number of aryl methyl sites for hydroxylation is 1. The van der Waals surface area contributed by atoms with E-state index >= 15 is 0 Å². The summed E-state index contributed by atoms with van der Waals surface area (Å²) in [5.74, 6) is -1.42. The summed E-state index contributed by atoms with van der Waals surface area (Å²) >= 11 is 0. The Kier molecular flexibility index (Phi) is 3.89. The minimum absolute atomic E-state index is 0.0375. The molecule has 3 rings (SSSR count). The number of nitrogens with zero attached hydrogens (tertiary/aromatic N) is 3. The third kappa shape index (κ3) is 2.84. The Hall–Kier alpha value is -2.64. The minimum Gasteiger partial charge on any atom is -0.477 e. The van der Waals surface area contributed by atoms with Crippen molar-refractivity contribution in [2.75, 3.05) is 11.9 Å². The third-order valence-electron chi connectivity index (χ3n) is 3.41. The van der Waals surface area contributed by atoms with Crippen molar-refractivity contribution in [1.29, 1.82) is 0 Å². The number of aromatic nitrogens is 3. The van der Waals surface area contributed by atoms with Crippen LogP contribution in [0.15, 0.2) is 12.1 Å². The van der Waals surface area contributed by atoms with E-state index in [1.165, 1.54) is 10.7 Å². The molecule has 0 unspecified atom stereocenters. The summed E-state index contributed by atoms with van der Waals surface area (Å²) in [5, 5.41) is 16.6. The highest BCUT2D eigenvalue weighted by Crippen LogP contribution is 2.33. The average Bonchev–Trinajstić information content (AvgIpc) is 2.85. The molecule has 0 aromatic carbocycles. The van der Waals surface area contributed by atoms with Gasteiger partial charge in [-0.25, -0.2) is 14.5 Å². The number of rotatable bonds is 4. The first kappa shape index (κ1) is 15.3. The zero-order chi connectivity index (χ0) is 16.6. The topological polar surface area (TPSA) is 89.3 Å². The first-order chi connectivity index (χ1) is 11.0. The van der Waals surface area contributed by atoms with Gasteiger partial charge in [0.15, 0.2) is 0 Å². The summed E-state index contributed by atoms with van der Waals surface area (Å²) in [6.45, 7) is 4.79. The van der Waals surface area contributed by atoms with E-state index in [-0.39, 0.29) is 28.7 Å². The highest BCUT2D eigenvalue weighted by Gasteiger charge is 2.29. The molecule has 23 heavy (non-hydrogen) atoms. The number of carboxylic acids is 1. The van der Waals surface area contributed by atoms with Crippen molar-refractivity contribution in [3.8, 4) is 17.1 Å². The normalized spacial score (nSPS) is 13.6. The number of hydrogen-bond donors (Lipinski definition) is 2. The number of ether oxygens (including phenoxy) is 1. The summed E-state index contributed by atoms with van der Waals surface area (Å²) in [5.41, 5.74) is -0.0485. The predicted octanol–water partition coefficient (Wildman–Crippen LogP) is 2.39. The molecule has 2 aromatic rings. The number of anilines is 1. The van der Waals surface area contributed by atoms with Crippen molar-refractivity contribution in [3.05, 3.63) is 23.6 Å². The second-order valence-electron chi connectivity index (χ2n) is 5.59. The van der Waals surface area contributed by atoms with Gasteiger partial charge < -0.3 is 15.2 Å². The summed E-state index contributed by atoms with van der Waals surface area (Å²) in [6.07, 6.45) is 0.727. The summed E-state index contributed by atoms with van der Waals surface area (Å²) < 4.78 is 21.2. The predicted molar refractivity (Wildman–Crippen MR) is 81.2 cm³/mol. The maximum absolute atomic E-state index is 14.4. The molecule has 8 heteroatoms. The lowest BCUT2D eigenvalue weighted by molar-refractivity contribution is 0.0690. The first-order valence-corrected chi connectivity index (χ1v) is 7.37. The molecule has 0 spiro atoms. The second-order valence-corrected chi connectivity index (χ2v) is 5.59. The van der Waals surface area contributed by atoms with Gasteiger partial charge in [0, 0.05) is 19.0 Å². The summed E-state index contributed by atoms with van der Waals surface area (Å²) in [4.78, 5) is 15.4. The van der Waals surface area contributed by atoms with Crippen LogP contribution in [0.4, 0.5) is 10.2 Å². The van der Waals surface area contributed by atoms with Gasteiger partial charge in [0.25, 0.3) is 0 Å². The molecule has 0 saturated carbocycles. The number of carbonyl (C=O) groups is 1. The Morgan fingerprint density at radius 3 is 2.91 bits per heavy atom. The van der Waals surface area contributed by atoms with Crippen molar-refractivity contribution in [3.63, 3.8) is 0 Å². The fraction of sp³-hybridized carbons (Fsp3) is 0.400. The zero-order valence-corrected chi connectivity index (χ0v) is 12.8. The molecule has 2 N–H and O–H groups in total. The molecule has 0 fully saturated rings. The van der Waals surface area contributed by atoms with Crippen LogP contribution in [0.2, 0.25) is 0 Å². The fourth-order valence-electron chi connectivity index (χ4n) is 2.50. The van der Waals surface area contributed by atoms with E-state index < -0.39 is 11.9 Å². The molecule has 1 aliphatic heterocycles. The molecule has 0 amide bonds. The maximum atomic E-state index is 14.4. The molecule has 0 saturated heterocycles. The van der Waals surface area contributed by atoms with Crippen molar-refractivity contribution in [2.45, 2.75) is 32.9 Å². The molecule has 0 bridgehead atoms. The van der Waals surface area contributed by atoms with Crippen LogP contribution in [0.1, 0.15) is 30.6 Å². The van der Waals surface area contributed by atoms with E-state index in [9.17, 15) is 14.3 Å². The van der Waals surface area contributed by atoms with Gasteiger partial charge in [0.05, 0.1) is 12.2 Å². The average molecular weight is 320 g/mol. The van der Waals surface area contributed by atoms with Crippen LogP contribution in [0.3, 0.4) is 0 Å². The highest BCUT2D eigenvalue weighted by atomic mass is 19.1. The van der Waals surface area contributed by atoms with Crippen LogP contribution in [0.25, 0.3) is 11.3 Å². The van der Waals surface area contributed by atoms with Gasteiger partial charge >= 0.3 is 5.97 Å². The third-order valence-corrected chi connectivity index (χ3v) is 3.41. The number of pyridine rings is 1. The molecule has 1 aliphatic rings. The highest BCUT2D eigenvalue weighted by molar-refractivity contribution is 5.97. The molecule has 7 nitrogen and oxygen atoms in total. The molecule has 0 radical (unpaired) electrons. The number of fused-ring (bicyclic) bond motifs is 1. The number of carboxylic acid groups (broad SMARTS) is 1. The Morgan fingerprint density at radius 2 is 2.26 bits per heavy atom. The minimum atomic E-state index is -1.20. The van der Waals surface area contributed by atoms with E-state index in [2.05, 4.69) is 15.4 Å². The maximum Gasteiger partial charge on any atom is 0.343 e. The lowest BCUT2D eigenvalue weighted by Gasteiger charge is -2.14. The van der Waals surface area contributed by atoms with Crippen molar-refractivity contribution in [2.24, 2.45) is 0 Å². The van der Waals surface area contributed by atoms with Gasteiger partial charge in [0.2, 0.25) is 11.8 Å². The standard InChI is InChI=1S/C15H17FN4O3/c1-8(2)17-10-5-4-9(13(16)18-10)12-11(15(21)22)14-20(19-12)6-3-7-23-14/h4-5,8H,3,6-7H2,1-2H3,(H,17,18)(H,21,22). The SMILES string of the molecule is CC(C)Nc1ccc(-c2nn3c(c2C(=O)O)OCCC3)c(F)n1. The van der Waals surface area contributed by atoms with Crippen LogP contribution >= 0.6 is 0 Å². The van der Waals surface area contributed by atoms with Gasteiger partial charge in [-0.3, -0.25) is 0 Å². The van der Waals surface area contributed by atoms with Crippen molar-refractivity contribution >= 4 is 11.8 Å². The van der Waals surface area contributed by atoms with Crippen molar-refractivity contribution < 1.29 is 19.0 Å². The Balaban J connectivity index is 2.08. The number of aromatic carboxylic acids is 1. The largest absolute Gasteiger partial charge is 0.477 e. The molecule has 2 aromatic heterocycles. The lowest BCUT2D eigenvalue weighted by Crippen LogP contribution is -2.16. The smallest absolute Gasteiger partial charge is 0.343 e. The Morgan fingerprint density at radius 1 is 1.48 bits per heavy atom. The zero-order valence-electron chi connectivity index (χ0n) is 12.8. The Bertz CT molecular complexity index is 757.